The summed E-state index contributed by atoms with van der Waals surface area (Å²) in [5.41, 5.74) is 0.476. The van der Waals surface area contributed by atoms with Gasteiger partial charge in [0.15, 0.2) is 0 Å². The molecule has 0 radical (unpaired) electrons. The third-order valence-corrected chi connectivity index (χ3v) is 4.32. The first-order chi connectivity index (χ1) is 12.3. The predicted octanol–water partition coefficient (Wildman–Crippen LogP) is 2.64. The molecule has 136 valence electrons. The number of carbonyl (C=O) groups excluding carboxylic acids is 2. The molecule has 5 nitrogen and oxygen atoms in total. The first-order valence-electron chi connectivity index (χ1n) is 7.96. The van der Waals surface area contributed by atoms with Crippen LogP contribution in [0.2, 0.25) is 0 Å². The van der Waals surface area contributed by atoms with Gasteiger partial charge in [0.25, 0.3) is 5.91 Å². The van der Waals surface area contributed by atoms with E-state index in [4.69, 9.17) is 0 Å². The molecule has 0 N–H and O–H groups in total. The Hall–Kier alpha value is -2.90. The van der Waals surface area contributed by atoms with Crippen molar-refractivity contribution < 1.29 is 22.8 Å². The number of hydrogen-bond donors (Lipinski definition) is 0. The van der Waals surface area contributed by atoms with Crippen molar-refractivity contribution in [1.82, 2.24) is 14.8 Å². The number of carbonyl (C=O) groups is 2. The van der Waals surface area contributed by atoms with E-state index in [1.807, 2.05) is 0 Å². The third kappa shape index (κ3) is 3.40. The average molecular weight is 363 g/mol. The van der Waals surface area contributed by atoms with E-state index < -0.39 is 30.6 Å². The maximum absolute atomic E-state index is 13.5. The number of halogens is 3. The van der Waals surface area contributed by atoms with Crippen LogP contribution < -0.4 is 0 Å². The van der Waals surface area contributed by atoms with Gasteiger partial charge in [-0.2, -0.15) is 13.2 Å². The maximum Gasteiger partial charge on any atom is 0.410 e. The number of alkyl halides is 3. The number of fused-ring (bicyclic) bond motifs is 1. The molecule has 0 bridgehead atoms. The van der Waals surface area contributed by atoms with Gasteiger partial charge < -0.3 is 9.80 Å². The number of nitrogens with zero attached hydrogens (tertiary/aromatic N) is 3. The van der Waals surface area contributed by atoms with Crippen molar-refractivity contribution in [2.24, 2.45) is 0 Å². The summed E-state index contributed by atoms with van der Waals surface area (Å²) in [5.74, 6) is -1.39. The van der Waals surface area contributed by atoms with Crippen LogP contribution >= 0.6 is 0 Å². The highest BCUT2D eigenvalue weighted by atomic mass is 19.4. The standard InChI is InChI=1S/C18H16F3N3O2/c1-2-16(25)23-9-10-24(15(11-23)18(19,20)21)17(26)14-8-7-12-5-3-4-6-13(12)22-14/h2-8,15H,1,9-11H2. The second kappa shape index (κ2) is 6.78. The van der Waals surface area contributed by atoms with E-state index in [-0.39, 0.29) is 18.8 Å². The molecule has 2 heterocycles. The van der Waals surface area contributed by atoms with Crippen LogP contribution in [-0.4, -0.2) is 58.5 Å². The zero-order chi connectivity index (χ0) is 18.9. The van der Waals surface area contributed by atoms with Gasteiger partial charge >= 0.3 is 6.18 Å². The van der Waals surface area contributed by atoms with Crippen molar-refractivity contribution in [3.8, 4) is 0 Å². The van der Waals surface area contributed by atoms with E-state index in [1.165, 1.54) is 6.07 Å². The molecule has 8 heteroatoms. The number of aromatic nitrogens is 1. The van der Waals surface area contributed by atoms with Crippen molar-refractivity contribution in [2.45, 2.75) is 12.2 Å². The Morgan fingerprint density at radius 1 is 1.15 bits per heavy atom. The van der Waals surface area contributed by atoms with Crippen LogP contribution in [-0.2, 0) is 4.79 Å². The van der Waals surface area contributed by atoms with Crippen molar-refractivity contribution in [3.05, 3.63) is 54.7 Å². The van der Waals surface area contributed by atoms with Crippen molar-refractivity contribution >= 4 is 22.7 Å². The summed E-state index contributed by atoms with van der Waals surface area (Å²) in [5, 5.41) is 0.790. The Bertz CT molecular complexity index is 866. The number of para-hydroxylation sites is 1. The van der Waals surface area contributed by atoms with E-state index in [0.717, 1.165) is 21.3 Å². The number of pyridine rings is 1. The zero-order valence-corrected chi connectivity index (χ0v) is 13.7. The molecule has 0 saturated carbocycles. The Morgan fingerprint density at radius 2 is 1.88 bits per heavy atom. The second-order valence-corrected chi connectivity index (χ2v) is 5.93. The quantitative estimate of drug-likeness (QED) is 0.771. The summed E-state index contributed by atoms with van der Waals surface area (Å²) in [6.07, 6.45) is -3.69. The molecule has 2 aromatic rings. The lowest BCUT2D eigenvalue weighted by Crippen LogP contribution is -2.61. The zero-order valence-electron chi connectivity index (χ0n) is 13.7. The van der Waals surface area contributed by atoms with E-state index in [0.29, 0.717) is 5.52 Å². The molecule has 1 aromatic heterocycles. The molecule has 1 saturated heterocycles. The van der Waals surface area contributed by atoms with Gasteiger partial charge in [-0.15, -0.1) is 0 Å². The molecule has 0 spiro atoms. The molecule has 1 aliphatic rings. The summed E-state index contributed by atoms with van der Waals surface area (Å²) in [6, 6.07) is 8.02. The fourth-order valence-electron chi connectivity index (χ4n) is 2.97. The summed E-state index contributed by atoms with van der Waals surface area (Å²) in [4.78, 5) is 30.3. The number of benzene rings is 1. The number of amides is 2. The first-order valence-corrected chi connectivity index (χ1v) is 7.96. The van der Waals surface area contributed by atoms with Gasteiger partial charge in [-0.1, -0.05) is 30.8 Å². The molecule has 1 fully saturated rings. The largest absolute Gasteiger partial charge is 0.410 e. The second-order valence-electron chi connectivity index (χ2n) is 5.93. The topological polar surface area (TPSA) is 53.5 Å². The lowest BCUT2D eigenvalue weighted by Gasteiger charge is -2.41. The lowest BCUT2D eigenvalue weighted by atomic mass is 10.1. The van der Waals surface area contributed by atoms with Crippen LogP contribution in [0.25, 0.3) is 10.9 Å². The summed E-state index contributed by atoms with van der Waals surface area (Å²) in [6.45, 7) is 2.46. The minimum absolute atomic E-state index is 0.0107. The van der Waals surface area contributed by atoms with Crippen LogP contribution in [0.3, 0.4) is 0 Å². The van der Waals surface area contributed by atoms with Gasteiger partial charge in [0.1, 0.15) is 11.7 Å². The molecule has 26 heavy (non-hydrogen) atoms. The van der Waals surface area contributed by atoms with Crippen LogP contribution in [0.15, 0.2) is 49.1 Å². The fraction of sp³-hybridized carbons (Fsp3) is 0.278. The molecule has 1 unspecified atom stereocenters. The average Bonchev–Trinajstić information content (AvgIpc) is 2.65. The Balaban J connectivity index is 1.90. The number of rotatable bonds is 2. The SMILES string of the molecule is C=CC(=O)N1CCN(C(=O)c2ccc3ccccc3n2)C(C(F)(F)F)C1. The van der Waals surface area contributed by atoms with E-state index in [9.17, 15) is 22.8 Å². The molecular formula is C18H16F3N3O2. The molecule has 3 rings (SSSR count). The van der Waals surface area contributed by atoms with Crippen molar-refractivity contribution in [1.29, 1.82) is 0 Å². The van der Waals surface area contributed by atoms with Crippen molar-refractivity contribution in [3.63, 3.8) is 0 Å². The van der Waals surface area contributed by atoms with Gasteiger partial charge in [0.2, 0.25) is 5.91 Å². The van der Waals surface area contributed by atoms with Crippen LogP contribution in [0.4, 0.5) is 13.2 Å². The van der Waals surface area contributed by atoms with E-state index >= 15 is 0 Å². The highest BCUT2D eigenvalue weighted by Gasteiger charge is 2.49. The molecule has 1 aliphatic heterocycles. The van der Waals surface area contributed by atoms with Crippen LogP contribution in [0, 0.1) is 0 Å². The highest BCUT2D eigenvalue weighted by Crippen LogP contribution is 2.29. The third-order valence-electron chi connectivity index (χ3n) is 4.32. The maximum atomic E-state index is 13.5. The minimum Gasteiger partial charge on any atom is -0.335 e. The number of piperazine rings is 1. The Labute approximate surface area is 147 Å². The van der Waals surface area contributed by atoms with Crippen molar-refractivity contribution in [2.75, 3.05) is 19.6 Å². The summed E-state index contributed by atoms with van der Waals surface area (Å²) < 4.78 is 40.4. The Kier molecular flexibility index (Phi) is 4.67. The molecule has 1 aromatic carbocycles. The van der Waals surface area contributed by atoms with Crippen LogP contribution in [0.1, 0.15) is 10.5 Å². The van der Waals surface area contributed by atoms with E-state index in [2.05, 4.69) is 11.6 Å². The lowest BCUT2D eigenvalue weighted by molar-refractivity contribution is -0.189. The van der Waals surface area contributed by atoms with Gasteiger partial charge in [0, 0.05) is 18.5 Å². The van der Waals surface area contributed by atoms with Gasteiger partial charge in [0.05, 0.1) is 12.1 Å². The van der Waals surface area contributed by atoms with Gasteiger partial charge in [-0.05, 0) is 18.2 Å². The minimum atomic E-state index is -4.66. The molecular weight excluding hydrogens is 347 g/mol. The Morgan fingerprint density at radius 3 is 2.58 bits per heavy atom. The molecule has 1 atom stereocenters. The molecule has 0 aliphatic carbocycles. The highest BCUT2D eigenvalue weighted by molar-refractivity contribution is 5.95. The van der Waals surface area contributed by atoms with E-state index in [1.54, 1.807) is 30.3 Å². The van der Waals surface area contributed by atoms with Gasteiger partial charge in [-0.3, -0.25) is 9.59 Å². The summed E-state index contributed by atoms with van der Waals surface area (Å²) >= 11 is 0. The van der Waals surface area contributed by atoms with Crippen LogP contribution in [0.5, 0.6) is 0 Å². The normalized spacial score (nSPS) is 18.0. The smallest absolute Gasteiger partial charge is 0.335 e. The summed E-state index contributed by atoms with van der Waals surface area (Å²) in [7, 11) is 0. The predicted molar refractivity (Wildman–Crippen MR) is 89.4 cm³/mol. The first kappa shape index (κ1) is 17.9. The monoisotopic (exact) mass is 363 g/mol. The molecule has 2 amide bonds. The number of hydrogen-bond acceptors (Lipinski definition) is 3. The van der Waals surface area contributed by atoms with Gasteiger partial charge in [-0.25, -0.2) is 4.98 Å². The fourth-order valence-corrected chi connectivity index (χ4v) is 2.97.